The van der Waals surface area contributed by atoms with Gasteiger partial charge >= 0.3 is 6.18 Å². The van der Waals surface area contributed by atoms with Crippen LogP contribution in [-0.4, -0.2) is 11.6 Å². The van der Waals surface area contributed by atoms with Crippen molar-refractivity contribution in [2.75, 3.05) is 6.61 Å². The fraction of sp³-hybridized carbons (Fsp3) is 0.167. The Balaban J connectivity index is 1.99. The van der Waals surface area contributed by atoms with Crippen LogP contribution in [0.25, 0.3) is 11.3 Å². The van der Waals surface area contributed by atoms with Gasteiger partial charge < -0.3 is 4.74 Å². The smallest absolute Gasteiger partial charge is 0.417 e. The van der Waals surface area contributed by atoms with E-state index in [1.807, 2.05) is 31.2 Å². The van der Waals surface area contributed by atoms with Crippen LogP contribution in [0.4, 0.5) is 13.2 Å². The number of ether oxygens (including phenoxy) is 1. The number of rotatable bonds is 7. The summed E-state index contributed by atoms with van der Waals surface area (Å²) in [4.78, 5) is 4.40. The van der Waals surface area contributed by atoms with Gasteiger partial charge in [0.05, 0.1) is 16.8 Å². The molecule has 7 heteroatoms. The van der Waals surface area contributed by atoms with E-state index in [1.54, 1.807) is 36.4 Å². The minimum Gasteiger partial charge on any atom is -0.490 e. The van der Waals surface area contributed by atoms with Gasteiger partial charge in [0.1, 0.15) is 23.5 Å². The van der Waals surface area contributed by atoms with Crippen LogP contribution in [0.1, 0.15) is 22.3 Å². The van der Waals surface area contributed by atoms with Gasteiger partial charge in [0.2, 0.25) is 0 Å². The first-order valence-corrected chi connectivity index (χ1v) is 10.3. The number of nitrogens with zero attached hydrogens (tertiary/aromatic N) is 2. The second-order valence-corrected chi connectivity index (χ2v) is 7.71. The van der Waals surface area contributed by atoms with E-state index in [2.05, 4.69) is 11.6 Å². The van der Waals surface area contributed by atoms with E-state index in [0.717, 1.165) is 29.0 Å². The van der Waals surface area contributed by atoms with Crippen molar-refractivity contribution in [3.05, 3.63) is 89.5 Å². The molecule has 2 aromatic carbocycles. The van der Waals surface area contributed by atoms with Crippen LogP contribution >= 0.6 is 11.8 Å². The number of hydrogen-bond acceptors (Lipinski definition) is 4. The van der Waals surface area contributed by atoms with E-state index in [-0.39, 0.29) is 10.7 Å². The molecule has 0 saturated carbocycles. The van der Waals surface area contributed by atoms with Gasteiger partial charge in [-0.05, 0) is 42.8 Å². The lowest BCUT2D eigenvalue weighted by Crippen LogP contribution is -2.10. The van der Waals surface area contributed by atoms with Gasteiger partial charge in [0.15, 0.2) is 0 Å². The van der Waals surface area contributed by atoms with Crippen molar-refractivity contribution in [1.29, 1.82) is 5.26 Å². The summed E-state index contributed by atoms with van der Waals surface area (Å²) in [5.41, 5.74) is 1.22. The average molecular weight is 440 g/mol. The topological polar surface area (TPSA) is 45.9 Å². The lowest BCUT2D eigenvalue weighted by Gasteiger charge is -2.14. The highest BCUT2D eigenvalue weighted by atomic mass is 32.2. The fourth-order valence-corrected chi connectivity index (χ4v) is 3.78. The van der Waals surface area contributed by atoms with Crippen molar-refractivity contribution in [2.45, 2.75) is 23.9 Å². The van der Waals surface area contributed by atoms with Crippen molar-refractivity contribution < 1.29 is 17.9 Å². The molecule has 1 heterocycles. The van der Waals surface area contributed by atoms with Crippen LogP contribution in [0, 0.1) is 18.3 Å². The van der Waals surface area contributed by atoms with Gasteiger partial charge in [0, 0.05) is 11.3 Å². The van der Waals surface area contributed by atoms with Gasteiger partial charge in [-0.15, -0.1) is 11.8 Å². The number of aromatic nitrogens is 1. The molecular formula is C24H19F3N2OS. The molecule has 0 amide bonds. The van der Waals surface area contributed by atoms with Crippen LogP contribution in [0.3, 0.4) is 0 Å². The van der Waals surface area contributed by atoms with E-state index in [0.29, 0.717) is 23.7 Å². The molecule has 0 N–H and O–H groups in total. The van der Waals surface area contributed by atoms with E-state index in [9.17, 15) is 18.4 Å². The third-order valence-electron chi connectivity index (χ3n) is 4.42. The summed E-state index contributed by atoms with van der Waals surface area (Å²) in [7, 11) is 0. The monoisotopic (exact) mass is 440 g/mol. The molecule has 3 rings (SSSR count). The zero-order chi connectivity index (χ0) is 22.4. The molecule has 0 unspecified atom stereocenters. The minimum atomic E-state index is -4.67. The molecule has 1 aromatic heterocycles. The number of nitriles is 1. The number of benzene rings is 2. The predicted molar refractivity (Wildman–Crippen MR) is 116 cm³/mol. The van der Waals surface area contributed by atoms with Crippen LogP contribution < -0.4 is 4.74 Å². The third-order valence-corrected chi connectivity index (χ3v) is 5.46. The summed E-state index contributed by atoms with van der Waals surface area (Å²) in [5, 5.41) is 9.50. The van der Waals surface area contributed by atoms with Crippen molar-refractivity contribution in [3.8, 4) is 23.1 Å². The van der Waals surface area contributed by atoms with E-state index in [1.165, 1.54) is 0 Å². The molecule has 0 radical (unpaired) electrons. The highest BCUT2D eigenvalue weighted by Crippen LogP contribution is 2.38. The van der Waals surface area contributed by atoms with Crippen LogP contribution in [0.2, 0.25) is 0 Å². The molecule has 0 atom stereocenters. The Hall–Kier alpha value is -3.24. The van der Waals surface area contributed by atoms with Crippen molar-refractivity contribution in [1.82, 2.24) is 4.98 Å². The SMILES string of the molecule is C=CCOc1ccc(-c2cc(C(F)(F)F)c(C#N)c(SCc3ccc(C)cc3)n2)cc1. The average Bonchev–Trinajstić information content (AvgIpc) is 2.76. The zero-order valence-electron chi connectivity index (χ0n) is 16.7. The quantitative estimate of drug-likeness (QED) is 0.299. The molecule has 158 valence electrons. The molecule has 0 aliphatic rings. The minimum absolute atomic E-state index is 0.0554. The summed E-state index contributed by atoms with van der Waals surface area (Å²) in [6, 6.07) is 16.9. The molecule has 0 aliphatic heterocycles. The highest BCUT2D eigenvalue weighted by molar-refractivity contribution is 7.98. The van der Waals surface area contributed by atoms with Gasteiger partial charge in [-0.2, -0.15) is 18.4 Å². The van der Waals surface area contributed by atoms with Gasteiger partial charge in [0.25, 0.3) is 0 Å². The molecule has 3 aromatic rings. The maximum Gasteiger partial charge on any atom is 0.417 e. The molecule has 0 bridgehead atoms. The van der Waals surface area contributed by atoms with Crippen molar-refractivity contribution in [3.63, 3.8) is 0 Å². The summed E-state index contributed by atoms with van der Waals surface area (Å²) >= 11 is 1.11. The second-order valence-electron chi connectivity index (χ2n) is 6.74. The molecule has 0 spiro atoms. The first-order valence-electron chi connectivity index (χ1n) is 9.36. The Labute approximate surface area is 183 Å². The van der Waals surface area contributed by atoms with Crippen LogP contribution in [-0.2, 0) is 11.9 Å². The summed E-state index contributed by atoms with van der Waals surface area (Å²) in [5.74, 6) is 0.971. The summed E-state index contributed by atoms with van der Waals surface area (Å²) in [6.45, 7) is 5.86. The van der Waals surface area contributed by atoms with E-state index < -0.39 is 17.3 Å². The number of halogens is 3. The second kappa shape index (κ2) is 9.71. The molecule has 31 heavy (non-hydrogen) atoms. The maximum atomic E-state index is 13.7. The Bertz CT molecular complexity index is 1100. The first-order chi connectivity index (χ1) is 14.8. The normalized spacial score (nSPS) is 11.1. The highest BCUT2D eigenvalue weighted by Gasteiger charge is 2.36. The Morgan fingerprint density at radius 1 is 1.13 bits per heavy atom. The first kappa shape index (κ1) is 22.4. The van der Waals surface area contributed by atoms with E-state index in [4.69, 9.17) is 4.74 Å². The number of aryl methyl sites for hydroxylation is 1. The lowest BCUT2D eigenvalue weighted by molar-refractivity contribution is -0.138. The van der Waals surface area contributed by atoms with Gasteiger partial charge in [-0.25, -0.2) is 4.98 Å². The maximum absolute atomic E-state index is 13.7. The summed E-state index contributed by atoms with van der Waals surface area (Å²) < 4.78 is 46.5. The van der Waals surface area contributed by atoms with Gasteiger partial charge in [-0.1, -0.05) is 42.5 Å². The molecule has 0 fully saturated rings. The number of hydrogen-bond donors (Lipinski definition) is 0. The third kappa shape index (κ3) is 5.68. The largest absolute Gasteiger partial charge is 0.490 e. The number of pyridine rings is 1. The number of thioether (sulfide) groups is 1. The molecule has 0 saturated heterocycles. The predicted octanol–water partition coefficient (Wildman–Crippen LogP) is 6.80. The van der Waals surface area contributed by atoms with Crippen molar-refractivity contribution >= 4 is 11.8 Å². The Morgan fingerprint density at radius 3 is 2.39 bits per heavy atom. The van der Waals surface area contributed by atoms with Crippen LogP contribution in [0.5, 0.6) is 5.75 Å². The zero-order valence-corrected chi connectivity index (χ0v) is 17.6. The Kier molecular flexibility index (Phi) is 7.03. The van der Waals surface area contributed by atoms with Gasteiger partial charge in [-0.3, -0.25) is 0 Å². The lowest BCUT2D eigenvalue weighted by atomic mass is 10.1. The standard InChI is InChI=1S/C24H19F3N2OS/c1-3-12-30-19-10-8-18(9-11-19)22-13-21(24(25,26)27)20(14-28)23(29-22)31-15-17-6-4-16(2)5-7-17/h3-11,13H,1,12,15H2,2H3. The van der Waals surface area contributed by atoms with E-state index >= 15 is 0 Å². The molecular weight excluding hydrogens is 421 g/mol. The number of alkyl halides is 3. The fourth-order valence-electron chi connectivity index (χ4n) is 2.82. The van der Waals surface area contributed by atoms with Crippen LogP contribution in [0.15, 0.2) is 72.3 Å². The summed E-state index contributed by atoms with van der Waals surface area (Å²) in [6.07, 6.45) is -3.07. The molecule has 0 aliphatic carbocycles. The van der Waals surface area contributed by atoms with Crippen molar-refractivity contribution in [2.24, 2.45) is 0 Å². The Morgan fingerprint density at radius 2 is 1.81 bits per heavy atom. The molecule has 3 nitrogen and oxygen atoms in total.